The number of aliphatic hydroxyl groups is 2. The summed E-state index contributed by atoms with van der Waals surface area (Å²) in [6.07, 6.45) is 1.21. The van der Waals surface area contributed by atoms with Gasteiger partial charge in [0.05, 0.1) is 18.8 Å². The molecule has 6 heteroatoms. The van der Waals surface area contributed by atoms with Gasteiger partial charge < -0.3 is 20.8 Å². The number of hydrogen-bond acceptors (Lipinski definition) is 4. The maximum Gasteiger partial charge on any atom is 0.225 e. The molecule has 4 N–H and O–H groups in total. The summed E-state index contributed by atoms with van der Waals surface area (Å²) in [7, 11) is 0. The smallest absolute Gasteiger partial charge is 0.225 e. The molecule has 0 unspecified atom stereocenters. The van der Waals surface area contributed by atoms with E-state index < -0.39 is 11.0 Å². The third-order valence-electron chi connectivity index (χ3n) is 3.23. The molecule has 0 aromatic rings. The van der Waals surface area contributed by atoms with E-state index in [1.807, 2.05) is 20.8 Å². The lowest BCUT2D eigenvalue weighted by Gasteiger charge is -2.29. The predicted molar refractivity (Wildman–Crippen MR) is 77.0 cm³/mol. The van der Waals surface area contributed by atoms with E-state index in [0.717, 1.165) is 0 Å². The highest BCUT2D eigenvalue weighted by atomic mass is 16.3. The molecule has 0 aromatic carbocycles. The van der Waals surface area contributed by atoms with Gasteiger partial charge in [-0.05, 0) is 12.8 Å². The Morgan fingerprint density at radius 1 is 1.10 bits per heavy atom. The number of carbonyl (C=O) groups is 2. The molecule has 0 bridgehead atoms. The molecule has 0 atom stereocenters. The van der Waals surface area contributed by atoms with Crippen molar-refractivity contribution < 1.29 is 19.8 Å². The molecular weight excluding hydrogens is 260 g/mol. The Hall–Kier alpha value is -1.14. The maximum absolute atomic E-state index is 11.7. The number of hydrogen-bond donors (Lipinski definition) is 4. The van der Waals surface area contributed by atoms with Gasteiger partial charge in [-0.25, -0.2) is 0 Å². The Labute approximate surface area is 120 Å². The minimum atomic E-state index is -0.953. The number of aliphatic hydroxyl groups excluding tert-OH is 2. The summed E-state index contributed by atoms with van der Waals surface area (Å²) >= 11 is 0. The zero-order chi connectivity index (χ0) is 15.8. The first-order chi connectivity index (χ1) is 9.20. The molecule has 0 aliphatic carbocycles. The Balaban J connectivity index is 4.04. The number of carbonyl (C=O) groups excluding carboxylic acids is 2. The van der Waals surface area contributed by atoms with Crippen molar-refractivity contribution in [2.45, 2.75) is 52.5 Å². The Bertz CT molecular complexity index is 311. The third-order valence-corrected chi connectivity index (χ3v) is 3.23. The molecule has 0 spiro atoms. The standard InChI is InChI=1S/C14H28N2O4/c1-5-14(9-17,10-18)16-11(19)7-6-8-15-12(20)13(2,3)4/h17-18H,5-10H2,1-4H3,(H,15,20)(H,16,19). The molecule has 0 saturated heterocycles. The first-order valence-corrected chi connectivity index (χ1v) is 7.02. The summed E-state index contributed by atoms with van der Waals surface area (Å²) in [4.78, 5) is 23.3. The Morgan fingerprint density at radius 2 is 1.65 bits per heavy atom. The average Bonchev–Trinajstić information content (AvgIpc) is 2.39. The van der Waals surface area contributed by atoms with E-state index in [9.17, 15) is 19.8 Å². The first kappa shape index (κ1) is 18.9. The van der Waals surface area contributed by atoms with Gasteiger partial charge in [0.2, 0.25) is 11.8 Å². The third kappa shape index (κ3) is 6.34. The van der Waals surface area contributed by atoms with Crippen LogP contribution in [0.2, 0.25) is 0 Å². The van der Waals surface area contributed by atoms with Gasteiger partial charge in [0.15, 0.2) is 0 Å². The molecular formula is C14H28N2O4. The highest BCUT2D eigenvalue weighted by molar-refractivity contribution is 5.81. The summed E-state index contributed by atoms with van der Waals surface area (Å²) < 4.78 is 0. The summed E-state index contributed by atoms with van der Waals surface area (Å²) in [6, 6.07) is 0. The van der Waals surface area contributed by atoms with Gasteiger partial charge in [-0.3, -0.25) is 9.59 Å². The Morgan fingerprint density at radius 3 is 2.05 bits per heavy atom. The lowest BCUT2D eigenvalue weighted by Crippen LogP contribution is -2.53. The van der Waals surface area contributed by atoms with Crippen molar-refractivity contribution in [1.29, 1.82) is 0 Å². The van der Waals surface area contributed by atoms with E-state index in [4.69, 9.17) is 0 Å². The monoisotopic (exact) mass is 288 g/mol. The van der Waals surface area contributed by atoms with Gasteiger partial charge in [-0.15, -0.1) is 0 Å². The van der Waals surface area contributed by atoms with Crippen LogP contribution in [0.15, 0.2) is 0 Å². The van der Waals surface area contributed by atoms with Crippen LogP contribution < -0.4 is 10.6 Å². The van der Waals surface area contributed by atoms with Gasteiger partial charge >= 0.3 is 0 Å². The van der Waals surface area contributed by atoms with Crippen LogP contribution in [0.3, 0.4) is 0 Å². The molecule has 0 radical (unpaired) electrons. The van der Waals surface area contributed by atoms with E-state index in [-0.39, 0.29) is 31.4 Å². The van der Waals surface area contributed by atoms with E-state index >= 15 is 0 Å². The van der Waals surface area contributed by atoms with Crippen LogP contribution in [0.4, 0.5) is 0 Å². The summed E-state index contributed by atoms with van der Waals surface area (Å²) in [5.74, 6) is -0.286. The predicted octanol–water partition coefficient (Wildman–Crippen LogP) is 0.178. The summed E-state index contributed by atoms with van der Waals surface area (Å²) in [6.45, 7) is 7.10. The quantitative estimate of drug-likeness (QED) is 0.479. The topological polar surface area (TPSA) is 98.7 Å². The van der Waals surface area contributed by atoms with Gasteiger partial charge in [-0.1, -0.05) is 27.7 Å². The fourth-order valence-corrected chi connectivity index (χ4v) is 1.52. The van der Waals surface area contributed by atoms with Crippen LogP contribution in [0.1, 0.15) is 47.0 Å². The normalized spacial score (nSPS) is 12.1. The van der Waals surface area contributed by atoms with Crippen molar-refractivity contribution in [2.75, 3.05) is 19.8 Å². The van der Waals surface area contributed by atoms with Crippen molar-refractivity contribution in [2.24, 2.45) is 5.41 Å². The van der Waals surface area contributed by atoms with Crippen molar-refractivity contribution in [3.05, 3.63) is 0 Å². The molecule has 0 aromatic heterocycles. The van der Waals surface area contributed by atoms with E-state index in [0.29, 0.717) is 19.4 Å². The van der Waals surface area contributed by atoms with Gasteiger partial charge in [0, 0.05) is 18.4 Å². The van der Waals surface area contributed by atoms with Crippen LogP contribution >= 0.6 is 0 Å². The summed E-state index contributed by atoms with van der Waals surface area (Å²) in [5, 5.41) is 23.9. The summed E-state index contributed by atoms with van der Waals surface area (Å²) in [5.41, 5.74) is -1.39. The Kier molecular flexibility index (Phi) is 7.75. The fraction of sp³-hybridized carbons (Fsp3) is 0.857. The van der Waals surface area contributed by atoms with Gasteiger partial charge in [-0.2, -0.15) is 0 Å². The van der Waals surface area contributed by atoms with E-state index in [1.54, 1.807) is 6.92 Å². The highest BCUT2D eigenvalue weighted by Gasteiger charge is 2.28. The van der Waals surface area contributed by atoms with E-state index in [1.165, 1.54) is 0 Å². The second kappa shape index (κ2) is 8.21. The lowest BCUT2D eigenvalue weighted by molar-refractivity contribution is -0.129. The molecule has 6 nitrogen and oxygen atoms in total. The van der Waals surface area contributed by atoms with Crippen LogP contribution in [-0.2, 0) is 9.59 Å². The second-order valence-corrected chi connectivity index (χ2v) is 6.11. The molecule has 0 aliphatic heterocycles. The maximum atomic E-state index is 11.7. The van der Waals surface area contributed by atoms with Crippen molar-refractivity contribution in [3.63, 3.8) is 0 Å². The highest BCUT2D eigenvalue weighted by Crippen LogP contribution is 2.12. The SMILES string of the molecule is CCC(CO)(CO)NC(=O)CCCNC(=O)C(C)(C)C. The first-order valence-electron chi connectivity index (χ1n) is 7.02. The molecule has 0 saturated carbocycles. The molecule has 2 amide bonds. The largest absolute Gasteiger partial charge is 0.394 e. The van der Waals surface area contributed by atoms with Crippen molar-refractivity contribution in [3.8, 4) is 0 Å². The molecule has 118 valence electrons. The molecule has 20 heavy (non-hydrogen) atoms. The fourth-order valence-electron chi connectivity index (χ4n) is 1.52. The van der Waals surface area contributed by atoms with Gasteiger partial charge in [0.25, 0.3) is 0 Å². The van der Waals surface area contributed by atoms with E-state index in [2.05, 4.69) is 10.6 Å². The van der Waals surface area contributed by atoms with Crippen LogP contribution in [-0.4, -0.2) is 47.3 Å². The zero-order valence-corrected chi connectivity index (χ0v) is 13.0. The second-order valence-electron chi connectivity index (χ2n) is 6.11. The molecule has 0 rings (SSSR count). The average molecular weight is 288 g/mol. The number of rotatable bonds is 8. The molecule has 0 aliphatic rings. The minimum absolute atomic E-state index is 0.0495. The molecule has 0 fully saturated rings. The van der Waals surface area contributed by atoms with Gasteiger partial charge in [0.1, 0.15) is 0 Å². The van der Waals surface area contributed by atoms with Crippen LogP contribution in [0, 0.1) is 5.41 Å². The zero-order valence-electron chi connectivity index (χ0n) is 13.0. The van der Waals surface area contributed by atoms with Crippen molar-refractivity contribution in [1.82, 2.24) is 10.6 Å². The number of amides is 2. The number of nitrogens with one attached hydrogen (secondary N) is 2. The lowest BCUT2D eigenvalue weighted by atomic mass is 9.95. The van der Waals surface area contributed by atoms with Crippen LogP contribution in [0.5, 0.6) is 0 Å². The van der Waals surface area contributed by atoms with Crippen LogP contribution in [0.25, 0.3) is 0 Å². The molecule has 0 heterocycles. The van der Waals surface area contributed by atoms with Crippen molar-refractivity contribution >= 4 is 11.8 Å². The minimum Gasteiger partial charge on any atom is -0.394 e.